The molecule has 0 aromatic heterocycles. The molecule has 2 aliphatic rings. The Bertz CT molecular complexity index is 238. The summed E-state index contributed by atoms with van der Waals surface area (Å²) in [5.74, 6) is 1.01. The van der Waals surface area contributed by atoms with Crippen LogP contribution in [0.5, 0.6) is 0 Å². The molecular weight excluding hydrogens is 202 g/mol. The van der Waals surface area contributed by atoms with Crippen molar-refractivity contribution in [2.45, 2.75) is 31.7 Å². The minimum Gasteiger partial charge on any atom is -0.352 e. The summed E-state index contributed by atoms with van der Waals surface area (Å²) < 4.78 is 0. The first-order valence-corrected chi connectivity index (χ1v) is 6.42. The number of hydrogen-bond acceptors (Lipinski definition) is 3. The van der Waals surface area contributed by atoms with Crippen LogP contribution in [-0.4, -0.2) is 50.1 Å². The van der Waals surface area contributed by atoms with Gasteiger partial charge < -0.3 is 15.5 Å². The van der Waals surface area contributed by atoms with Crippen molar-refractivity contribution in [2.24, 2.45) is 5.92 Å². The second-order valence-electron chi connectivity index (χ2n) is 5.24. The fourth-order valence-electron chi connectivity index (χ4n) is 2.79. The number of amides is 1. The minimum absolute atomic E-state index is 0.220. The quantitative estimate of drug-likeness (QED) is 0.718. The normalized spacial score (nSPS) is 30.8. The zero-order chi connectivity index (χ0) is 11.4. The SMILES string of the molecule is CN(CC1CCCNC1)CC1CCC(=O)N1. The van der Waals surface area contributed by atoms with Crippen LogP contribution in [0.15, 0.2) is 0 Å². The Balaban J connectivity index is 1.67. The summed E-state index contributed by atoms with van der Waals surface area (Å²) in [5.41, 5.74) is 0. The Morgan fingerprint density at radius 3 is 2.88 bits per heavy atom. The van der Waals surface area contributed by atoms with Crippen molar-refractivity contribution in [1.82, 2.24) is 15.5 Å². The van der Waals surface area contributed by atoms with E-state index in [1.807, 2.05) is 0 Å². The van der Waals surface area contributed by atoms with E-state index in [9.17, 15) is 4.79 Å². The molecule has 0 aromatic rings. The third-order valence-electron chi connectivity index (χ3n) is 3.59. The molecule has 92 valence electrons. The lowest BCUT2D eigenvalue weighted by Gasteiger charge is -2.29. The summed E-state index contributed by atoms with van der Waals surface area (Å²) in [6, 6.07) is 0.383. The van der Waals surface area contributed by atoms with Gasteiger partial charge in [0.1, 0.15) is 0 Å². The highest BCUT2D eigenvalue weighted by molar-refractivity contribution is 5.78. The molecule has 16 heavy (non-hydrogen) atoms. The molecule has 4 nitrogen and oxygen atoms in total. The number of likely N-dealkylation sites (N-methyl/N-ethyl adjacent to an activating group) is 1. The van der Waals surface area contributed by atoms with Crippen LogP contribution in [0, 0.1) is 5.92 Å². The Morgan fingerprint density at radius 2 is 2.25 bits per heavy atom. The van der Waals surface area contributed by atoms with E-state index in [1.165, 1.54) is 19.4 Å². The summed E-state index contributed by atoms with van der Waals surface area (Å²) in [6.45, 7) is 4.49. The summed E-state index contributed by atoms with van der Waals surface area (Å²) in [4.78, 5) is 13.5. The van der Waals surface area contributed by atoms with Gasteiger partial charge in [-0.25, -0.2) is 0 Å². The maximum Gasteiger partial charge on any atom is 0.220 e. The highest BCUT2D eigenvalue weighted by atomic mass is 16.1. The molecule has 2 heterocycles. The van der Waals surface area contributed by atoms with Crippen LogP contribution in [0.25, 0.3) is 0 Å². The molecule has 2 rings (SSSR count). The lowest BCUT2D eigenvalue weighted by atomic mass is 9.99. The Labute approximate surface area is 97.8 Å². The van der Waals surface area contributed by atoms with Gasteiger partial charge >= 0.3 is 0 Å². The van der Waals surface area contributed by atoms with Crippen LogP contribution in [0.4, 0.5) is 0 Å². The predicted molar refractivity (Wildman–Crippen MR) is 64.3 cm³/mol. The standard InChI is InChI=1S/C12H23N3O/c1-15(8-10-3-2-6-13-7-10)9-11-4-5-12(16)14-11/h10-11,13H,2-9H2,1H3,(H,14,16). The third-order valence-corrected chi connectivity index (χ3v) is 3.59. The molecule has 0 aromatic carbocycles. The van der Waals surface area contributed by atoms with E-state index in [0.29, 0.717) is 12.5 Å². The van der Waals surface area contributed by atoms with Crippen molar-refractivity contribution < 1.29 is 4.79 Å². The van der Waals surface area contributed by atoms with Crippen molar-refractivity contribution in [3.63, 3.8) is 0 Å². The van der Waals surface area contributed by atoms with Gasteiger partial charge in [-0.15, -0.1) is 0 Å². The van der Waals surface area contributed by atoms with Crippen LogP contribution in [0.3, 0.4) is 0 Å². The smallest absolute Gasteiger partial charge is 0.220 e. The van der Waals surface area contributed by atoms with E-state index < -0.39 is 0 Å². The molecule has 0 bridgehead atoms. The van der Waals surface area contributed by atoms with Gasteiger partial charge in [0.05, 0.1) is 0 Å². The zero-order valence-electron chi connectivity index (χ0n) is 10.2. The van der Waals surface area contributed by atoms with Gasteiger partial charge in [-0.3, -0.25) is 4.79 Å². The highest BCUT2D eigenvalue weighted by Crippen LogP contribution is 2.13. The molecule has 2 saturated heterocycles. The van der Waals surface area contributed by atoms with Crippen molar-refractivity contribution in [2.75, 3.05) is 33.2 Å². The molecule has 2 unspecified atom stereocenters. The number of rotatable bonds is 4. The molecule has 2 fully saturated rings. The number of nitrogens with zero attached hydrogens (tertiary/aromatic N) is 1. The zero-order valence-corrected chi connectivity index (χ0v) is 10.2. The third kappa shape index (κ3) is 3.46. The van der Waals surface area contributed by atoms with Gasteiger partial charge in [0.25, 0.3) is 0 Å². The molecule has 0 spiro atoms. The van der Waals surface area contributed by atoms with Crippen molar-refractivity contribution in [3.05, 3.63) is 0 Å². The van der Waals surface area contributed by atoms with Crippen molar-refractivity contribution in [3.8, 4) is 0 Å². The van der Waals surface area contributed by atoms with E-state index in [0.717, 1.165) is 32.0 Å². The average Bonchev–Trinajstić information content (AvgIpc) is 2.65. The van der Waals surface area contributed by atoms with Crippen LogP contribution in [-0.2, 0) is 4.79 Å². The van der Waals surface area contributed by atoms with E-state index in [1.54, 1.807) is 0 Å². The monoisotopic (exact) mass is 225 g/mol. The van der Waals surface area contributed by atoms with Crippen LogP contribution < -0.4 is 10.6 Å². The first-order chi connectivity index (χ1) is 7.74. The fraction of sp³-hybridized carbons (Fsp3) is 0.917. The molecule has 4 heteroatoms. The Morgan fingerprint density at radius 1 is 1.38 bits per heavy atom. The maximum atomic E-state index is 11.1. The minimum atomic E-state index is 0.220. The lowest BCUT2D eigenvalue weighted by molar-refractivity contribution is -0.119. The fourth-order valence-corrected chi connectivity index (χ4v) is 2.79. The first kappa shape index (κ1) is 11.9. The molecule has 2 aliphatic heterocycles. The molecule has 0 radical (unpaired) electrons. The second-order valence-corrected chi connectivity index (χ2v) is 5.24. The van der Waals surface area contributed by atoms with Gasteiger partial charge in [-0.05, 0) is 45.3 Å². The number of hydrogen-bond donors (Lipinski definition) is 2. The van der Waals surface area contributed by atoms with Gasteiger partial charge in [0, 0.05) is 25.6 Å². The van der Waals surface area contributed by atoms with Gasteiger partial charge in [-0.2, -0.15) is 0 Å². The van der Waals surface area contributed by atoms with Gasteiger partial charge in [0.2, 0.25) is 5.91 Å². The molecule has 2 N–H and O–H groups in total. The Hall–Kier alpha value is -0.610. The second kappa shape index (κ2) is 5.64. The molecule has 2 atom stereocenters. The molecular formula is C12H23N3O. The van der Waals surface area contributed by atoms with E-state index in [4.69, 9.17) is 0 Å². The molecule has 0 aliphatic carbocycles. The van der Waals surface area contributed by atoms with E-state index in [-0.39, 0.29) is 5.91 Å². The average molecular weight is 225 g/mol. The van der Waals surface area contributed by atoms with Crippen LogP contribution >= 0.6 is 0 Å². The summed E-state index contributed by atoms with van der Waals surface area (Å²) in [5, 5.41) is 6.47. The summed E-state index contributed by atoms with van der Waals surface area (Å²) in [7, 11) is 2.17. The van der Waals surface area contributed by atoms with E-state index in [2.05, 4.69) is 22.6 Å². The molecule has 0 saturated carbocycles. The maximum absolute atomic E-state index is 11.1. The first-order valence-electron chi connectivity index (χ1n) is 6.42. The van der Waals surface area contributed by atoms with Crippen molar-refractivity contribution >= 4 is 5.91 Å². The highest BCUT2D eigenvalue weighted by Gasteiger charge is 2.23. The number of nitrogens with one attached hydrogen (secondary N) is 2. The van der Waals surface area contributed by atoms with Gasteiger partial charge in [0.15, 0.2) is 0 Å². The van der Waals surface area contributed by atoms with Crippen LogP contribution in [0.1, 0.15) is 25.7 Å². The van der Waals surface area contributed by atoms with E-state index >= 15 is 0 Å². The lowest BCUT2D eigenvalue weighted by Crippen LogP contribution is -2.41. The van der Waals surface area contributed by atoms with Crippen molar-refractivity contribution in [1.29, 1.82) is 0 Å². The summed E-state index contributed by atoms with van der Waals surface area (Å²) >= 11 is 0. The number of carbonyl (C=O) groups excluding carboxylic acids is 1. The van der Waals surface area contributed by atoms with Gasteiger partial charge in [-0.1, -0.05) is 0 Å². The largest absolute Gasteiger partial charge is 0.352 e. The molecule has 1 amide bonds. The number of piperidine rings is 1. The Kier molecular flexibility index (Phi) is 4.18. The van der Waals surface area contributed by atoms with Crippen LogP contribution in [0.2, 0.25) is 0 Å². The summed E-state index contributed by atoms with van der Waals surface area (Å²) in [6.07, 6.45) is 4.36. The topological polar surface area (TPSA) is 44.4 Å². The number of carbonyl (C=O) groups is 1. The predicted octanol–water partition coefficient (Wildman–Crippen LogP) is 0.196.